The smallest absolute Gasteiger partial charge is 0.263 e. The van der Waals surface area contributed by atoms with Crippen molar-refractivity contribution in [3.8, 4) is 0 Å². The first-order valence-electron chi connectivity index (χ1n) is 8.64. The van der Waals surface area contributed by atoms with Gasteiger partial charge in [0.1, 0.15) is 5.15 Å². The number of thiazole rings is 1. The number of pyridine rings is 1. The summed E-state index contributed by atoms with van der Waals surface area (Å²) >= 11 is 11.1. The molecule has 4 nitrogen and oxygen atoms in total. The normalized spacial score (nSPS) is 10.9. The van der Waals surface area contributed by atoms with E-state index in [1.165, 1.54) is 11.3 Å². The van der Waals surface area contributed by atoms with Crippen molar-refractivity contribution < 1.29 is 4.79 Å². The predicted octanol–water partition coefficient (Wildman–Crippen LogP) is 6.00. The van der Waals surface area contributed by atoms with E-state index in [0.717, 1.165) is 15.8 Å². The Kier molecular flexibility index (Phi) is 5.71. The highest BCUT2D eigenvalue weighted by Gasteiger charge is 2.24. The summed E-state index contributed by atoms with van der Waals surface area (Å²) in [6.07, 6.45) is 2.28. The monoisotopic (exact) mass is 471 g/mol. The molecule has 7 heteroatoms. The highest BCUT2D eigenvalue weighted by atomic mass is 79.9. The first kappa shape index (κ1) is 19.1. The molecule has 0 N–H and O–H groups in total. The lowest BCUT2D eigenvalue weighted by molar-refractivity contribution is 0.0987. The SMILES string of the molecule is O=C(c1cc(Br)cnc1Cl)N(CCc1ccccc1)c1nc2ccccc2s1. The average molecular weight is 473 g/mol. The zero-order valence-corrected chi connectivity index (χ0v) is 17.8. The number of para-hydroxylation sites is 1. The van der Waals surface area contributed by atoms with Crippen LogP contribution in [0.25, 0.3) is 10.2 Å². The number of benzene rings is 2. The van der Waals surface area contributed by atoms with Crippen LogP contribution in [-0.4, -0.2) is 22.4 Å². The van der Waals surface area contributed by atoms with E-state index in [4.69, 9.17) is 11.6 Å². The van der Waals surface area contributed by atoms with Crippen molar-refractivity contribution in [2.45, 2.75) is 6.42 Å². The lowest BCUT2D eigenvalue weighted by Gasteiger charge is -2.20. The van der Waals surface area contributed by atoms with Crippen LogP contribution in [0, 0.1) is 0 Å². The Morgan fingerprint density at radius 1 is 1.11 bits per heavy atom. The second-order valence-corrected chi connectivity index (χ2v) is 8.43. The molecule has 0 aliphatic heterocycles. The van der Waals surface area contributed by atoms with Gasteiger partial charge in [0, 0.05) is 17.2 Å². The third kappa shape index (κ3) is 4.09. The van der Waals surface area contributed by atoms with Crippen molar-refractivity contribution in [1.29, 1.82) is 0 Å². The Labute approximate surface area is 179 Å². The summed E-state index contributed by atoms with van der Waals surface area (Å²) < 4.78 is 1.74. The number of hydrogen-bond acceptors (Lipinski definition) is 4. The van der Waals surface area contributed by atoms with Gasteiger partial charge in [-0.15, -0.1) is 0 Å². The van der Waals surface area contributed by atoms with Gasteiger partial charge in [-0.05, 0) is 46.1 Å². The molecule has 1 amide bonds. The number of nitrogens with zero attached hydrogens (tertiary/aromatic N) is 3. The molecule has 2 heterocycles. The van der Waals surface area contributed by atoms with Gasteiger partial charge < -0.3 is 0 Å². The van der Waals surface area contributed by atoms with Crippen molar-refractivity contribution in [1.82, 2.24) is 9.97 Å². The quantitative estimate of drug-likeness (QED) is 0.335. The largest absolute Gasteiger partial charge is 0.284 e. The lowest BCUT2D eigenvalue weighted by atomic mass is 10.1. The van der Waals surface area contributed by atoms with Crippen LogP contribution in [0.1, 0.15) is 15.9 Å². The van der Waals surface area contributed by atoms with Gasteiger partial charge in [0.25, 0.3) is 5.91 Å². The van der Waals surface area contributed by atoms with E-state index in [0.29, 0.717) is 28.1 Å². The molecule has 0 atom stereocenters. The number of hydrogen-bond donors (Lipinski definition) is 0. The molecule has 2 aromatic carbocycles. The maximum Gasteiger partial charge on any atom is 0.263 e. The summed E-state index contributed by atoms with van der Waals surface area (Å²) in [5.74, 6) is -0.214. The number of fused-ring (bicyclic) bond motifs is 1. The van der Waals surface area contributed by atoms with Gasteiger partial charge in [0.05, 0.1) is 15.8 Å². The van der Waals surface area contributed by atoms with E-state index in [-0.39, 0.29) is 11.1 Å². The molecule has 0 spiro atoms. The van der Waals surface area contributed by atoms with Gasteiger partial charge in [0.2, 0.25) is 0 Å². The molecule has 0 aliphatic rings. The van der Waals surface area contributed by atoms with E-state index < -0.39 is 0 Å². The van der Waals surface area contributed by atoms with Crippen LogP contribution >= 0.6 is 38.9 Å². The van der Waals surface area contributed by atoms with Crippen molar-refractivity contribution in [3.63, 3.8) is 0 Å². The van der Waals surface area contributed by atoms with Crippen LogP contribution in [0.5, 0.6) is 0 Å². The minimum absolute atomic E-state index is 0.180. The number of rotatable bonds is 5. The van der Waals surface area contributed by atoms with Gasteiger partial charge in [0.15, 0.2) is 5.13 Å². The fourth-order valence-electron chi connectivity index (χ4n) is 2.86. The summed E-state index contributed by atoms with van der Waals surface area (Å²) in [6, 6.07) is 19.6. The Hall–Kier alpha value is -2.28. The molecule has 0 aliphatic carbocycles. The molecule has 28 heavy (non-hydrogen) atoms. The van der Waals surface area contributed by atoms with Gasteiger partial charge in [-0.2, -0.15) is 0 Å². The minimum Gasteiger partial charge on any atom is -0.284 e. The highest BCUT2D eigenvalue weighted by Crippen LogP contribution is 2.31. The molecule has 0 fully saturated rings. The number of anilines is 1. The average Bonchev–Trinajstić information content (AvgIpc) is 3.14. The molecule has 0 radical (unpaired) electrons. The third-order valence-electron chi connectivity index (χ3n) is 4.26. The predicted molar refractivity (Wildman–Crippen MR) is 118 cm³/mol. The first-order valence-corrected chi connectivity index (χ1v) is 10.6. The number of carbonyl (C=O) groups excluding carboxylic acids is 1. The topological polar surface area (TPSA) is 46.1 Å². The maximum absolute atomic E-state index is 13.4. The Morgan fingerprint density at radius 2 is 1.86 bits per heavy atom. The first-order chi connectivity index (χ1) is 13.6. The number of amides is 1. The zero-order valence-electron chi connectivity index (χ0n) is 14.7. The summed E-state index contributed by atoms with van der Waals surface area (Å²) in [5, 5.41) is 0.831. The summed E-state index contributed by atoms with van der Waals surface area (Å²) in [4.78, 5) is 23.8. The molecule has 2 aromatic heterocycles. The van der Waals surface area contributed by atoms with Crippen molar-refractivity contribution in [3.05, 3.63) is 87.6 Å². The van der Waals surface area contributed by atoms with Gasteiger partial charge in [-0.3, -0.25) is 9.69 Å². The van der Waals surface area contributed by atoms with E-state index in [9.17, 15) is 4.79 Å². The second kappa shape index (κ2) is 8.39. The van der Waals surface area contributed by atoms with Crippen molar-refractivity contribution in [2.75, 3.05) is 11.4 Å². The molecule has 140 valence electrons. The molecular formula is C21H15BrClN3OS. The molecule has 0 unspecified atom stereocenters. The van der Waals surface area contributed by atoms with Crippen LogP contribution in [0.3, 0.4) is 0 Å². The van der Waals surface area contributed by atoms with Crippen molar-refractivity contribution >= 4 is 60.1 Å². The van der Waals surface area contributed by atoms with E-state index in [1.54, 1.807) is 17.2 Å². The van der Waals surface area contributed by atoms with Crippen LogP contribution in [-0.2, 0) is 6.42 Å². The summed E-state index contributed by atoms with van der Waals surface area (Å²) in [7, 11) is 0. The molecular weight excluding hydrogens is 458 g/mol. The lowest BCUT2D eigenvalue weighted by Crippen LogP contribution is -2.33. The fourth-order valence-corrected chi connectivity index (χ4v) is 4.37. The van der Waals surface area contributed by atoms with Crippen LogP contribution in [0.2, 0.25) is 5.15 Å². The summed E-state index contributed by atoms with van der Waals surface area (Å²) in [5.41, 5.74) is 2.38. The Bertz CT molecular complexity index is 1100. The van der Waals surface area contributed by atoms with E-state index >= 15 is 0 Å². The fraction of sp³-hybridized carbons (Fsp3) is 0.0952. The zero-order chi connectivity index (χ0) is 19.5. The third-order valence-corrected chi connectivity index (χ3v) is 6.06. The minimum atomic E-state index is -0.214. The molecule has 0 saturated heterocycles. The number of aromatic nitrogens is 2. The summed E-state index contributed by atoms with van der Waals surface area (Å²) in [6.45, 7) is 0.492. The molecule has 4 aromatic rings. The van der Waals surface area contributed by atoms with E-state index in [2.05, 4.69) is 38.0 Å². The van der Waals surface area contributed by atoms with Gasteiger partial charge in [-0.1, -0.05) is 65.4 Å². The van der Waals surface area contributed by atoms with Crippen LogP contribution < -0.4 is 4.90 Å². The van der Waals surface area contributed by atoms with Gasteiger partial charge in [-0.25, -0.2) is 9.97 Å². The van der Waals surface area contributed by atoms with Crippen molar-refractivity contribution in [2.24, 2.45) is 0 Å². The van der Waals surface area contributed by atoms with Gasteiger partial charge >= 0.3 is 0 Å². The number of halogens is 2. The molecule has 4 rings (SSSR count). The molecule has 0 saturated carbocycles. The number of carbonyl (C=O) groups is 1. The highest BCUT2D eigenvalue weighted by molar-refractivity contribution is 9.10. The maximum atomic E-state index is 13.4. The second-order valence-electron chi connectivity index (χ2n) is 6.15. The van der Waals surface area contributed by atoms with Crippen LogP contribution in [0.4, 0.5) is 5.13 Å². The van der Waals surface area contributed by atoms with Crippen LogP contribution in [0.15, 0.2) is 71.3 Å². The molecule has 0 bridgehead atoms. The Balaban J connectivity index is 1.71. The van der Waals surface area contributed by atoms with E-state index in [1.807, 2.05) is 42.5 Å². The standard InChI is InChI=1S/C21H15BrClN3OS/c22-15-12-16(19(23)24-13-15)20(27)26(11-10-14-6-2-1-3-7-14)21-25-17-8-4-5-9-18(17)28-21/h1-9,12-13H,10-11H2. The Morgan fingerprint density at radius 3 is 2.64 bits per heavy atom.